The second kappa shape index (κ2) is 11.8. The number of benzene rings is 8. The van der Waals surface area contributed by atoms with E-state index in [1.54, 1.807) is 0 Å². The number of rotatable bonds is 4. The number of hydrogen-bond donors (Lipinski definition) is 0. The fourth-order valence-electron chi connectivity index (χ4n) is 8.77. The smallest absolute Gasteiger partial charge is 0.0992 e. The summed E-state index contributed by atoms with van der Waals surface area (Å²) in [5.74, 6) is 0. The molecule has 3 aromatic heterocycles. The standard InChI is InChI=1S/C50H29N5/c51-30-32-21-27-46-41(28-32)50-47(54-44-16-7-3-12-39(44)40-13-4-8-17-45(40)54)18-9-19-48(50)55(46)49-29-33(31-52)20-26-36(49)34-22-24-35(25-23-34)53-42-14-5-1-10-37(42)38-11-2-6-15-43(38)53/h1-29H. The number of fused-ring (bicyclic) bond motifs is 9. The van der Waals surface area contributed by atoms with Crippen molar-refractivity contribution in [3.05, 3.63) is 187 Å². The molecule has 3 heterocycles. The predicted molar refractivity (Wildman–Crippen MR) is 224 cm³/mol. The monoisotopic (exact) mass is 699 g/mol. The molecule has 0 saturated carbocycles. The van der Waals surface area contributed by atoms with E-state index in [0.717, 1.165) is 72.1 Å². The van der Waals surface area contributed by atoms with Gasteiger partial charge >= 0.3 is 0 Å². The summed E-state index contributed by atoms with van der Waals surface area (Å²) < 4.78 is 6.93. The largest absolute Gasteiger partial charge is 0.309 e. The Morgan fingerprint density at radius 2 is 0.818 bits per heavy atom. The molecule has 55 heavy (non-hydrogen) atoms. The topological polar surface area (TPSA) is 62.4 Å². The lowest BCUT2D eigenvalue weighted by Crippen LogP contribution is -2.00. The molecule has 11 rings (SSSR count). The molecular formula is C50H29N5. The van der Waals surface area contributed by atoms with Gasteiger partial charge in [-0.1, -0.05) is 97.1 Å². The quantitative estimate of drug-likeness (QED) is 0.184. The number of nitriles is 2. The zero-order valence-electron chi connectivity index (χ0n) is 29.5. The highest BCUT2D eigenvalue weighted by Crippen LogP contribution is 2.42. The van der Waals surface area contributed by atoms with Gasteiger partial charge in [0, 0.05) is 43.6 Å². The molecule has 0 atom stereocenters. The van der Waals surface area contributed by atoms with Gasteiger partial charge in [0.2, 0.25) is 0 Å². The van der Waals surface area contributed by atoms with E-state index in [0.29, 0.717) is 11.1 Å². The molecule has 0 fully saturated rings. The third kappa shape index (κ3) is 4.45. The Bertz CT molecular complexity index is 3350. The van der Waals surface area contributed by atoms with Crippen molar-refractivity contribution < 1.29 is 0 Å². The molecule has 0 saturated heterocycles. The van der Waals surface area contributed by atoms with Crippen LogP contribution in [0.2, 0.25) is 0 Å². The van der Waals surface area contributed by atoms with Crippen molar-refractivity contribution >= 4 is 65.4 Å². The van der Waals surface area contributed by atoms with Gasteiger partial charge in [-0.3, -0.25) is 0 Å². The van der Waals surface area contributed by atoms with Crippen LogP contribution in [0, 0.1) is 22.7 Å². The van der Waals surface area contributed by atoms with E-state index in [9.17, 15) is 10.5 Å². The maximum absolute atomic E-state index is 10.2. The third-order valence-corrected chi connectivity index (χ3v) is 11.1. The van der Waals surface area contributed by atoms with Gasteiger partial charge in [0.05, 0.1) is 67.7 Å². The fourth-order valence-corrected chi connectivity index (χ4v) is 8.77. The minimum atomic E-state index is 0.572. The van der Waals surface area contributed by atoms with Crippen LogP contribution in [0.15, 0.2) is 176 Å². The average molecular weight is 700 g/mol. The Hall–Kier alpha value is -7.86. The summed E-state index contributed by atoms with van der Waals surface area (Å²) >= 11 is 0. The molecule has 0 aliphatic carbocycles. The fraction of sp³-hybridized carbons (Fsp3) is 0. The third-order valence-electron chi connectivity index (χ3n) is 11.1. The summed E-state index contributed by atoms with van der Waals surface area (Å²) in [6.07, 6.45) is 0. The molecule has 0 aliphatic rings. The Morgan fingerprint density at radius 1 is 0.345 bits per heavy atom. The zero-order chi connectivity index (χ0) is 36.6. The van der Waals surface area contributed by atoms with Crippen molar-refractivity contribution in [1.82, 2.24) is 13.7 Å². The minimum Gasteiger partial charge on any atom is -0.309 e. The van der Waals surface area contributed by atoms with Crippen LogP contribution in [0.1, 0.15) is 11.1 Å². The molecule has 0 bridgehead atoms. The van der Waals surface area contributed by atoms with Gasteiger partial charge in [-0.15, -0.1) is 0 Å². The highest BCUT2D eigenvalue weighted by Gasteiger charge is 2.22. The Labute approximate surface area is 316 Å². The predicted octanol–water partition coefficient (Wildman–Crippen LogP) is 12.4. The molecule has 5 heteroatoms. The number of para-hydroxylation sites is 4. The van der Waals surface area contributed by atoms with Gasteiger partial charge in [0.1, 0.15) is 0 Å². The van der Waals surface area contributed by atoms with E-state index >= 15 is 0 Å². The van der Waals surface area contributed by atoms with Crippen molar-refractivity contribution in [2.45, 2.75) is 0 Å². The van der Waals surface area contributed by atoms with Crippen LogP contribution in [0.25, 0.3) is 93.6 Å². The molecule has 5 nitrogen and oxygen atoms in total. The first-order valence-electron chi connectivity index (χ1n) is 18.3. The molecule has 0 N–H and O–H groups in total. The summed E-state index contributed by atoms with van der Waals surface area (Å²) in [7, 11) is 0. The molecule has 254 valence electrons. The lowest BCUT2D eigenvalue weighted by molar-refractivity contribution is 1.16. The second-order valence-corrected chi connectivity index (χ2v) is 14.0. The van der Waals surface area contributed by atoms with E-state index < -0.39 is 0 Å². The molecule has 0 radical (unpaired) electrons. The molecule has 8 aromatic carbocycles. The summed E-state index contributed by atoms with van der Waals surface area (Å²) in [6, 6.07) is 65.9. The van der Waals surface area contributed by atoms with Crippen molar-refractivity contribution in [3.63, 3.8) is 0 Å². The molecule has 0 aliphatic heterocycles. The van der Waals surface area contributed by atoms with E-state index in [1.165, 1.54) is 21.5 Å². The summed E-state index contributed by atoms with van der Waals surface area (Å²) in [4.78, 5) is 0. The lowest BCUT2D eigenvalue weighted by Gasteiger charge is -2.16. The van der Waals surface area contributed by atoms with Crippen LogP contribution in [0.3, 0.4) is 0 Å². The molecule has 0 unspecified atom stereocenters. The SMILES string of the molecule is N#Cc1ccc(-c2ccc(-n3c4ccccc4c4ccccc43)cc2)c(-n2c3ccc(C#N)cc3c3c(-n4c5ccccc5c5ccccc54)cccc32)c1. The molecular weight excluding hydrogens is 671 g/mol. The average Bonchev–Trinajstić information content (AvgIpc) is 3.89. The van der Waals surface area contributed by atoms with Gasteiger partial charge in [-0.25, -0.2) is 0 Å². The van der Waals surface area contributed by atoms with Gasteiger partial charge in [0.25, 0.3) is 0 Å². The van der Waals surface area contributed by atoms with Crippen LogP contribution < -0.4 is 0 Å². The van der Waals surface area contributed by atoms with E-state index in [4.69, 9.17) is 0 Å². The Balaban J connectivity index is 1.17. The number of aromatic nitrogens is 3. The Morgan fingerprint density at radius 3 is 1.40 bits per heavy atom. The van der Waals surface area contributed by atoms with E-state index in [1.807, 2.05) is 30.3 Å². The van der Waals surface area contributed by atoms with Crippen LogP contribution in [-0.2, 0) is 0 Å². The summed E-state index contributed by atoms with van der Waals surface area (Å²) in [5, 5.41) is 27.1. The first kappa shape index (κ1) is 30.7. The van der Waals surface area contributed by atoms with Gasteiger partial charge < -0.3 is 13.7 Å². The van der Waals surface area contributed by atoms with Crippen LogP contribution in [-0.4, -0.2) is 13.7 Å². The first-order valence-corrected chi connectivity index (χ1v) is 18.3. The number of hydrogen-bond acceptors (Lipinski definition) is 2. The maximum atomic E-state index is 10.2. The maximum Gasteiger partial charge on any atom is 0.0992 e. The van der Waals surface area contributed by atoms with Crippen molar-refractivity contribution in [2.24, 2.45) is 0 Å². The van der Waals surface area contributed by atoms with Gasteiger partial charge in [-0.2, -0.15) is 10.5 Å². The summed E-state index contributed by atoms with van der Waals surface area (Å²) in [5.41, 5.74) is 12.7. The van der Waals surface area contributed by atoms with E-state index in [-0.39, 0.29) is 0 Å². The highest BCUT2D eigenvalue weighted by atomic mass is 15.0. The van der Waals surface area contributed by atoms with E-state index in [2.05, 4.69) is 171 Å². The molecule has 0 amide bonds. The summed E-state index contributed by atoms with van der Waals surface area (Å²) in [6.45, 7) is 0. The van der Waals surface area contributed by atoms with Gasteiger partial charge in [0.15, 0.2) is 0 Å². The highest BCUT2D eigenvalue weighted by molar-refractivity contribution is 6.17. The van der Waals surface area contributed by atoms with Crippen LogP contribution >= 0.6 is 0 Å². The molecule has 11 aromatic rings. The van der Waals surface area contributed by atoms with Crippen LogP contribution in [0.5, 0.6) is 0 Å². The zero-order valence-corrected chi connectivity index (χ0v) is 29.5. The Kier molecular flexibility index (Phi) is 6.61. The van der Waals surface area contributed by atoms with Crippen molar-refractivity contribution in [2.75, 3.05) is 0 Å². The second-order valence-electron chi connectivity index (χ2n) is 14.0. The number of nitrogens with zero attached hydrogens (tertiary/aromatic N) is 5. The normalized spacial score (nSPS) is 11.6. The van der Waals surface area contributed by atoms with Crippen molar-refractivity contribution in [3.8, 4) is 40.3 Å². The van der Waals surface area contributed by atoms with Crippen molar-refractivity contribution in [1.29, 1.82) is 10.5 Å². The lowest BCUT2D eigenvalue weighted by atomic mass is 10.0. The van der Waals surface area contributed by atoms with Crippen LogP contribution in [0.4, 0.5) is 0 Å². The first-order chi connectivity index (χ1) is 27.2. The molecule has 0 spiro atoms. The minimum absolute atomic E-state index is 0.572. The van der Waals surface area contributed by atoms with Gasteiger partial charge in [-0.05, 0) is 84.4 Å².